The van der Waals surface area contributed by atoms with E-state index in [9.17, 15) is 4.79 Å². The third kappa shape index (κ3) is 3.48. The molecule has 0 spiro atoms. The van der Waals surface area contributed by atoms with Crippen molar-refractivity contribution < 1.29 is 4.79 Å². The Balaban J connectivity index is 1.85. The lowest BCUT2D eigenvalue weighted by atomic mass is 10.0. The van der Waals surface area contributed by atoms with Crippen LogP contribution in [0.4, 0.5) is 5.69 Å². The average Bonchev–Trinajstić information content (AvgIpc) is 3.31. The van der Waals surface area contributed by atoms with Crippen molar-refractivity contribution >= 4 is 11.6 Å². The van der Waals surface area contributed by atoms with Gasteiger partial charge in [-0.05, 0) is 43.9 Å². The van der Waals surface area contributed by atoms with Crippen molar-refractivity contribution in [3.63, 3.8) is 0 Å². The zero-order valence-corrected chi connectivity index (χ0v) is 13.1. The number of carbonyl (C=O) groups is 1. The summed E-state index contributed by atoms with van der Waals surface area (Å²) < 4.78 is 0. The first kappa shape index (κ1) is 14.6. The number of benzene rings is 2. The summed E-state index contributed by atoms with van der Waals surface area (Å²) in [6.07, 6.45) is 2.19. The van der Waals surface area contributed by atoms with Gasteiger partial charge < -0.3 is 10.6 Å². The minimum absolute atomic E-state index is 0.0497. The fourth-order valence-electron chi connectivity index (χ4n) is 2.59. The molecule has 1 saturated carbocycles. The lowest BCUT2D eigenvalue weighted by Gasteiger charge is -2.21. The number of hydrogen-bond acceptors (Lipinski definition) is 2. The normalized spacial score (nSPS) is 15.2. The standard InChI is InChI=1S/C19H22N2O/c1-13-8-11-17(14(2)12-13)21-18(15-6-4-3-5-7-15)19(22)20-16-9-10-16/h3-8,11-12,16,18,21H,9-10H2,1-2H3,(H,20,22). The van der Waals surface area contributed by atoms with Crippen LogP contribution in [0.2, 0.25) is 0 Å². The van der Waals surface area contributed by atoms with Crippen molar-refractivity contribution in [2.45, 2.75) is 38.8 Å². The molecule has 1 amide bonds. The maximum absolute atomic E-state index is 12.6. The smallest absolute Gasteiger partial charge is 0.247 e. The van der Waals surface area contributed by atoms with Gasteiger partial charge in [-0.1, -0.05) is 48.0 Å². The number of hydrogen-bond donors (Lipinski definition) is 2. The van der Waals surface area contributed by atoms with Gasteiger partial charge in [-0.3, -0.25) is 4.79 Å². The van der Waals surface area contributed by atoms with Gasteiger partial charge in [0.15, 0.2) is 0 Å². The van der Waals surface area contributed by atoms with Crippen LogP contribution in [0.1, 0.15) is 35.6 Å². The Hall–Kier alpha value is -2.29. The first-order chi connectivity index (χ1) is 10.6. The highest BCUT2D eigenvalue weighted by Gasteiger charge is 2.28. The number of nitrogens with one attached hydrogen (secondary N) is 2. The van der Waals surface area contributed by atoms with Crippen molar-refractivity contribution in [1.82, 2.24) is 5.32 Å². The first-order valence-corrected chi connectivity index (χ1v) is 7.82. The summed E-state index contributed by atoms with van der Waals surface area (Å²) >= 11 is 0. The predicted molar refractivity (Wildman–Crippen MR) is 89.9 cm³/mol. The fraction of sp³-hybridized carbons (Fsp3) is 0.316. The Morgan fingerprint density at radius 3 is 2.45 bits per heavy atom. The molecule has 1 aliphatic rings. The molecule has 1 aliphatic carbocycles. The van der Waals surface area contributed by atoms with Crippen molar-refractivity contribution in [2.75, 3.05) is 5.32 Å². The molecule has 0 saturated heterocycles. The van der Waals surface area contributed by atoms with Crippen molar-refractivity contribution in [3.05, 3.63) is 65.2 Å². The number of rotatable bonds is 5. The maximum Gasteiger partial charge on any atom is 0.247 e. The Kier molecular flexibility index (Phi) is 4.14. The van der Waals surface area contributed by atoms with E-state index < -0.39 is 0 Å². The highest BCUT2D eigenvalue weighted by Crippen LogP contribution is 2.25. The quantitative estimate of drug-likeness (QED) is 0.882. The van der Waals surface area contributed by atoms with Gasteiger partial charge in [-0.2, -0.15) is 0 Å². The predicted octanol–water partition coefficient (Wildman–Crippen LogP) is 3.74. The number of amides is 1. The molecule has 2 aromatic rings. The van der Waals surface area contributed by atoms with E-state index in [-0.39, 0.29) is 11.9 Å². The van der Waals surface area contributed by atoms with E-state index in [0.717, 1.165) is 29.7 Å². The Labute approximate surface area is 131 Å². The highest BCUT2D eigenvalue weighted by atomic mass is 16.2. The molecule has 0 bridgehead atoms. The van der Waals surface area contributed by atoms with Crippen molar-refractivity contribution in [1.29, 1.82) is 0 Å². The van der Waals surface area contributed by atoms with Crippen LogP contribution >= 0.6 is 0 Å². The first-order valence-electron chi connectivity index (χ1n) is 7.82. The lowest BCUT2D eigenvalue weighted by Crippen LogP contribution is -2.35. The van der Waals surface area contributed by atoms with Gasteiger partial charge in [0, 0.05) is 11.7 Å². The van der Waals surface area contributed by atoms with Gasteiger partial charge >= 0.3 is 0 Å². The second-order valence-corrected chi connectivity index (χ2v) is 6.09. The van der Waals surface area contributed by atoms with Crippen LogP contribution in [0.25, 0.3) is 0 Å². The molecule has 3 heteroatoms. The molecule has 0 aliphatic heterocycles. The second kappa shape index (κ2) is 6.22. The molecule has 0 aromatic heterocycles. The summed E-state index contributed by atoms with van der Waals surface area (Å²) in [6.45, 7) is 4.14. The summed E-state index contributed by atoms with van der Waals surface area (Å²) in [5.41, 5.74) is 4.37. The van der Waals surface area contributed by atoms with Gasteiger partial charge in [0.1, 0.15) is 6.04 Å². The molecule has 2 aromatic carbocycles. The number of anilines is 1. The Morgan fingerprint density at radius 1 is 1.09 bits per heavy atom. The molecule has 0 heterocycles. The third-order valence-corrected chi connectivity index (χ3v) is 4.00. The summed E-state index contributed by atoms with van der Waals surface area (Å²) in [7, 11) is 0. The van der Waals surface area contributed by atoms with Gasteiger partial charge in [0.05, 0.1) is 0 Å². The lowest BCUT2D eigenvalue weighted by molar-refractivity contribution is -0.122. The Bertz CT molecular complexity index is 662. The van der Waals surface area contributed by atoms with Crippen LogP contribution in [0.3, 0.4) is 0 Å². The van der Waals surface area contributed by atoms with E-state index >= 15 is 0 Å². The zero-order valence-electron chi connectivity index (χ0n) is 13.1. The topological polar surface area (TPSA) is 41.1 Å². The van der Waals surface area contributed by atoms with E-state index in [4.69, 9.17) is 0 Å². The zero-order chi connectivity index (χ0) is 15.5. The van der Waals surface area contributed by atoms with E-state index in [1.165, 1.54) is 5.56 Å². The molecule has 3 nitrogen and oxygen atoms in total. The van der Waals surface area contributed by atoms with E-state index in [1.54, 1.807) is 0 Å². The number of aryl methyl sites for hydroxylation is 2. The number of carbonyl (C=O) groups excluding carboxylic acids is 1. The largest absolute Gasteiger partial charge is 0.370 e. The Morgan fingerprint density at radius 2 is 1.82 bits per heavy atom. The minimum Gasteiger partial charge on any atom is -0.370 e. The van der Waals surface area contributed by atoms with Gasteiger partial charge in [0.25, 0.3) is 0 Å². The van der Waals surface area contributed by atoms with Gasteiger partial charge in [-0.15, -0.1) is 0 Å². The average molecular weight is 294 g/mol. The molecule has 22 heavy (non-hydrogen) atoms. The van der Waals surface area contributed by atoms with Crippen LogP contribution in [0, 0.1) is 13.8 Å². The molecule has 1 unspecified atom stereocenters. The van der Waals surface area contributed by atoms with E-state index in [2.05, 4.69) is 36.6 Å². The molecule has 2 N–H and O–H groups in total. The van der Waals surface area contributed by atoms with Crippen molar-refractivity contribution in [2.24, 2.45) is 0 Å². The molecule has 1 fully saturated rings. The molecule has 3 rings (SSSR count). The monoisotopic (exact) mass is 294 g/mol. The van der Waals surface area contributed by atoms with Gasteiger partial charge in [0.2, 0.25) is 5.91 Å². The van der Waals surface area contributed by atoms with Crippen LogP contribution in [-0.2, 0) is 4.79 Å². The summed E-state index contributed by atoms with van der Waals surface area (Å²) in [6, 6.07) is 16.1. The van der Waals surface area contributed by atoms with Crippen LogP contribution in [0.5, 0.6) is 0 Å². The third-order valence-electron chi connectivity index (χ3n) is 4.00. The SMILES string of the molecule is Cc1ccc(NC(C(=O)NC2CC2)c2ccccc2)c(C)c1. The van der Waals surface area contributed by atoms with Crippen LogP contribution < -0.4 is 10.6 Å². The molecule has 0 radical (unpaired) electrons. The molecular formula is C19H22N2O. The second-order valence-electron chi connectivity index (χ2n) is 6.09. The van der Waals surface area contributed by atoms with E-state index in [0.29, 0.717) is 6.04 Å². The molecule has 114 valence electrons. The highest BCUT2D eigenvalue weighted by molar-refractivity contribution is 5.86. The summed E-state index contributed by atoms with van der Waals surface area (Å²) in [4.78, 5) is 12.6. The van der Waals surface area contributed by atoms with Gasteiger partial charge in [-0.25, -0.2) is 0 Å². The minimum atomic E-state index is -0.358. The fourth-order valence-corrected chi connectivity index (χ4v) is 2.59. The van der Waals surface area contributed by atoms with Crippen LogP contribution in [-0.4, -0.2) is 11.9 Å². The van der Waals surface area contributed by atoms with Crippen molar-refractivity contribution in [3.8, 4) is 0 Å². The van der Waals surface area contributed by atoms with E-state index in [1.807, 2.05) is 36.4 Å². The molecular weight excluding hydrogens is 272 g/mol. The summed E-state index contributed by atoms with van der Waals surface area (Å²) in [5.74, 6) is 0.0497. The molecule has 1 atom stereocenters. The maximum atomic E-state index is 12.6. The summed E-state index contributed by atoms with van der Waals surface area (Å²) in [5, 5.41) is 6.51. The van der Waals surface area contributed by atoms with Crippen LogP contribution in [0.15, 0.2) is 48.5 Å².